The molecule has 3 rings (SSSR count). The van der Waals surface area contributed by atoms with E-state index in [0.717, 1.165) is 24.2 Å². The second-order valence-electron chi connectivity index (χ2n) is 5.65. The van der Waals surface area contributed by atoms with Crippen LogP contribution in [0.2, 0.25) is 0 Å². The first-order valence-electron chi connectivity index (χ1n) is 7.01. The molecule has 2 atom stereocenters. The molecule has 1 aliphatic carbocycles. The minimum absolute atomic E-state index is 0.0409. The van der Waals surface area contributed by atoms with E-state index in [0.29, 0.717) is 12.5 Å². The maximum Gasteiger partial charge on any atom is 0.387 e. The van der Waals surface area contributed by atoms with Gasteiger partial charge in [0.05, 0.1) is 5.92 Å². The number of halogens is 2. The van der Waals surface area contributed by atoms with Crippen molar-refractivity contribution in [1.82, 2.24) is 4.90 Å². The molecule has 0 bridgehead atoms. The molecule has 0 radical (unpaired) electrons. The number of likely N-dealkylation sites (tertiary alicyclic amines) is 1. The molecular formula is C14H15F2NO4S. The molecule has 2 heterocycles. The van der Waals surface area contributed by atoms with Crippen molar-refractivity contribution in [1.29, 1.82) is 0 Å². The minimum Gasteiger partial charge on any atom is -0.481 e. The minimum atomic E-state index is -2.99. The Hall–Kier alpha value is -1.70. The van der Waals surface area contributed by atoms with Gasteiger partial charge < -0.3 is 14.7 Å². The van der Waals surface area contributed by atoms with Crippen molar-refractivity contribution in [2.45, 2.75) is 19.5 Å². The first-order chi connectivity index (χ1) is 10.5. The number of thiophene rings is 1. The topological polar surface area (TPSA) is 66.8 Å². The number of carbonyl (C=O) groups excluding carboxylic acids is 1. The maximum absolute atomic E-state index is 12.5. The number of alkyl halides is 2. The SMILES string of the molecule is O=C(O)[C@H]1CN(C(=O)c2sccc2OC(F)F)C[C@@H]1C1CC1. The Morgan fingerprint density at radius 3 is 2.68 bits per heavy atom. The van der Waals surface area contributed by atoms with Gasteiger partial charge in [0.2, 0.25) is 0 Å². The summed E-state index contributed by atoms with van der Waals surface area (Å²) in [6.07, 6.45) is 1.99. The Bertz CT molecular complexity index is 587. The zero-order chi connectivity index (χ0) is 15.9. The molecule has 1 aromatic rings. The quantitative estimate of drug-likeness (QED) is 0.900. The van der Waals surface area contributed by atoms with Gasteiger partial charge in [-0.2, -0.15) is 8.78 Å². The Morgan fingerprint density at radius 2 is 2.09 bits per heavy atom. The Morgan fingerprint density at radius 1 is 1.36 bits per heavy atom. The van der Waals surface area contributed by atoms with Gasteiger partial charge in [0.1, 0.15) is 10.6 Å². The number of rotatable bonds is 5. The number of amides is 1. The Labute approximate surface area is 129 Å². The van der Waals surface area contributed by atoms with E-state index in [4.69, 9.17) is 0 Å². The molecule has 5 nitrogen and oxygen atoms in total. The summed E-state index contributed by atoms with van der Waals surface area (Å²) in [5, 5.41) is 10.8. The van der Waals surface area contributed by atoms with Gasteiger partial charge in [0, 0.05) is 13.1 Å². The van der Waals surface area contributed by atoms with Crippen molar-refractivity contribution in [3.63, 3.8) is 0 Å². The second kappa shape index (κ2) is 5.83. The van der Waals surface area contributed by atoms with Gasteiger partial charge in [-0.3, -0.25) is 9.59 Å². The highest BCUT2D eigenvalue weighted by molar-refractivity contribution is 7.12. The van der Waals surface area contributed by atoms with Gasteiger partial charge >= 0.3 is 12.6 Å². The number of carboxylic acid groups (broad SMARTS) is 1. The van der Waals surface area contributed by atoms with Crippen LogP contribution >= 0.6 is 11.3 Å². The molecule has 1 aliphatic heterocycles. The number of carboxylic acids is 1. The molecule has 1 saturated carbocycles. The molecule has 1 aromatic heterocycles. The van der Waals surface area contributed by atoms with Gasteiger partial charge in [0.25, 0.3) is 5.91 Å². The third-order valence-electron chi connectivity index (χ3n) is 4.24. The zero-order valence-corrected chi connectivity index (χ0v) is 12.4. The normalized spacial score (nSPS) is 24.8. The lowest BCUT2D eigenvalue weighted by atomic mass is 9.92. The average molecular weight is 331 g/mol. The molecule has 2 fully saturated rings. The lowest BCUT2D eigenvalue weighted by Gasteiger charge is -2.16. The van der Waals surface area contributed by atoms with Gasteiger partial charge in [-0.05, 0) is 36.1 Å². The van der Waals surface area contributed by atoms with Gasteiger partial charge in [0.15, 0.2) is 0 Å². The highest BCUT2D eigenvalue weighted by Gasteiger charge is 2.47. The van der Waals surface area contributed by atoms with E-state index in [1.54, 1.807) is 0 Å². The summed E-state index contributed by atoms with van der Waals surface area (Å²) < 4.78 is 29.0. The van der Waals surface area contributed by atoms with E-state index in [1.165, 1.54) is 16.3 Å². The van der Waals surface area contributed by atoms with E-state index in [9.17, 15) is 23.5 Å². The Balaban J connectivity index is 1.75. The van der Waals surface area contributed by atoms with E-state index in [-0.39, 0.29) is 23.1 Å². The Kier molecular flexibility index (Phi) is 4.03. The molecule has 0 unspecified atom stereocenters. The first kappa shape index (κ1) is 15.2. The van der Waals surface area contributed by atoms with Crippen LogP contribution in [0.4, 0.5) is 8.78 Å². The molecular weight excluding hydrogens is 316 g/mol. The fourth-order valence-electron chi connectivity index (χ4n) is 3.04. The number of carbonyl (C=O) groups is 2. The smallest absolute Gasteiger partial charge is 0.387 e. The van der Waals surface area contributed by atoms with Crippen molar-refractivity contribution in [2.75, 3.05) is 13.1 Å². The maximum atomic E-state index is 12.5. The van der Waals surface area contributed by atoms with E-state index < -0.39 is 24.4 Å². The molecule has 1 N–H and O–H groups in total. The van der Waals surface area contributed by atoms with Crippen LogP contribution in [-0.2, 0) is 4.79 Å². The molecule has 8 heteroatoms. The predicted molar refractivity (Wildman–Crippen MR) is 74.2 cm³/mol. The highest BCUT2D eigenvalue weighted by Crippen LogP contribution is 2.44. The standard InChI is InChI=1S/C14H15F2NO4S/c15-14(16)21-10-3-4-22-11(10)12(18)17-5-8(7-1-2-7)9(6-17)13(19)20/h3-4,7-9,14H,1-2,5-6H2,(H,19,20)/t8-,9+/m1/s1. The molecule has 1 amide bonds. The zero-order valence-electron chi connectivity index (χ0n) is 11.6. The number of nitrogens with zero attached hydrogens (tertiary/aromatic N) is 1. The van der Waals surface area contributed by atoms with Gasteiger partial charge in [-0.25, -0.2) is 0 Å². The number of hydrogen-bond acceptors (Lipinski definition) is 4. The van der Waals surface area contributed by atoms with Crippen molar-refractivity contribution in [3.8, 4) is 5.75 Å². The second-order valence-corrected chi connectivity index (χ2v) is 6.56. The highest BCUT2D eigenvalue weighted by atomic mass is 32.1. The fraction of sp³-hybridized carbons (Fsp3) is 0.571. The average Bonchev–Trinajstić information content (AvgIpc) is 3.03. The molecule has 22 heavy (non-hydrogen) atoms. The monoisotopic (exact) mass is 331 g/mol. The number of hydrogen-bond donors (Lipinski definition) is 1. The molecule has 1 saturated heterocycles. The van der Waals surface area contributed by atoms with Crippen molar-refractivity contribution < 1.29 is 28.2 Å². The first-order valence-corrected chi connectivity index (χ1v) is 7.89. The summed E-state index contributed by atoms with van der Waals surface area (Å²) in [7, 11) is 0. The van der Waals surface area contributed by atoms with Crippen LogP contribution < -0.4 is 4.74 Å². The summed E-state index contributed by atoms with van der Waals surface area (Å²) in [5.74, 6) is -1.73. The summed E-state index contributed by atoms with van der Waals surface area (Å²) in [5.41, 5.74) is 0. The predicted octanol–water partition coefficient (Wildman–Crippen LogP) is 2.53. The summed E-state index contributed by atoms with van der Waals surface area (Å²) >= 11 is 1.02. The fourth-order valence-corrected chi connectivity index (χ4v) is 3.83. The summed E-state index contributed by atoms with van der Waals surface area (Å²) in [6.45, 7) is -2.50. The van der Waals surface area contributed by atoms with Crippen molar-refractivity contribution in [2.24, 2.45) is 17.8 Å². The van der Waals surface area contributed by atoms with Crippen LogP contribution in [0.5, 0.6) is 5.75 Å². The van der Waals surface area contributed by atoms with Crippen molar-refractivity contribution >= 4 is 23.2 Å². The number of ether oxygens (including phenoxy) is 1. The van der Waals surface area contributed by atoms with Crippen LogP contribution in [0.1, 0.15) is 22.5 Å². The molecule has 120 valence electrons. The van der Waals surface area contributed by atoms with Crippen LogP contribution in [0, 0.1) is 17.8 Å². The van der Waals surface area contributed by atoms with Crippen LogP contribution in [0.25, 0.3) is 0 Å². The van der Waals surface area contributed by atoms with Gasteiger partial charge in [-0.15, -0.1) is 11.3 Å². The summed E-state index contributed by atoms with van der Waals surface area (Å²) in [4.78, 5) is 25.4. The van der Waals surface area contributed by atoms with Crippen LogP contribution in [0.15, 0.2) is 11.4 Å². The van der Waals surface area contributed by atoms with E-state index >= 15 is 0 Å². The molecule has 0 spiro atoms. The largest absolute Gasteiger partial charge is 0.481 e. The van der Waals surface area contributed by atoms with Crippen molar-refractivity contribution in [3.05, 3.63) is 16.3 Å². The molecule has 2 aliphatic rings. The summed E-state index contributed by atoms with van der Waals surface area (Å²) in [6, 6.07) is 1.33. The van der Waals surface area contributed by atoms with E-state index in [2.05, 4.69) is 4.74 Å². The number of aliphatic carboxylic acids is 1. The van der Waals surface area contributed by atoms with Crippen LogP contribution in [0.3, 0.4) is 0 Å². The lowest BCUT2D eigenvalue weighted by molar-refractivity contribution is -0.142. The lowest BCUT2D eigenvalue weighted by Crippen LogP contribution is -2.29. The third kappa shape index (κ3) is 2.92. The third-order valence-corrected chi connectivity index (χ3v) is 5.12. The van der Waals surface area contributed by atoms with Gasteiger partial charge in [-0.1, -0.05) is 0 Å². The van der Waals surface area contributed by atoms with Crippen LogP contribution in [-0.4, -0.2) is 41.6 Å². The van der Waals surface area contributed by atoms with E-state index in [1.807, 2.05) is 0 Å². The molecule has 0 aromatic carbocycles.